The van der Waals surface area contributed by atoms with Crippen molar-refractivity contribution in [2.45, 2.75) is 53.0 Å². The topological polar surface area (TPSA) is 66.7 Å². The van der Waals surface area contributed by atoms with Gasteiger partial charge in [0.1, 0.15) is 0 Å². The lowest BCUT2D eigenvalue weighted by Crippen LogP contribution is -2.39. The van der Waals surface area contributed by atoms with Gasteiger partial charge in [-0.2, -0.15) is 0 Å². The fourth-order valence-corrected chi connectivity index (χ4v) is 4.81. The summed E-state index contributed by atoms with van der Waals surface area (Å²) in [6.07, 6.45) is 3.59. The molecule has 3 aromatic rings. The van der Waals surface area contributed by atoms with Gasteiger partial charge in [0.05, 0.1) is 0 Å². The van der Waals surface area contributed by atoms with Crippen LogP contribution in [0.5, 0.6) is 0 Å². The molecule has 6 heteroatoms. The number of rotatable bonds is 7. The largest absolute Gasteiger partial charge is 0.355 e. The van der Waals surface area contributed by atoms with E-state index < -0.39 is 0 Å². The van der Waals surface area contributed by atoms with Gasteiger partial charge in [-0.05, 0) is 56.7 Å². The van der Waals surface area contributed by atoms with Crippen LogP contribution in [0, 0.1) is 20.8 Å². The molecule has 0 unspecified atom stereocenters. The summed E-state index contributed by atoms with van der Waals surface area (Å²) in [5.41, 5.74) is 5.58. The summed E-state index contributed by atoms with van der Waals surface area (Å²) >= 11 is 0. The lowest BCUT2D eigenvalue weighted by atomic mass is 9.98. The number of hydrogen-bond acceptors (Lipinski definition) is 4. The molecule has 0 bridgehead atoms. The number of hydrogen-bond donors (Lipinski definition) is 0. The zero-order valence-electron chi connectivity index (χ0n) is 20.3. The first-order valence-corrected chi connectivity index (χ1v) is 12.1. The number of piperidine rings is 1. The van der Waals surface area contributed by atoms with E-state index in [1.54, 1.807) is 11.0 Å². The molecule has 0 atom stereocenters. The molecule has 0 saturated carbocycles. The fraction of sp³-hybridized carbons (Fsp3) is 0.393. The van der Waals surface area contributed by atoms with Gasteiger partial charge in [-0.1, -0.05) is 53.2 Å². The molecule has 0 radical (unpaired) electrons. The highest BCUT2D eigenvalue weighted by Crippen LogP contribution is 2.29. The molecule has 34 heavy (non-hydrogen) atoms. The molecule has 1 fully saturated rings. The smallest absolute Gasteiger partial charge is 0.276 e. The molecule has 1 aromatic heterocycles. The fourth-order valence-electron chi connectivity index (χ4n) is 4.81. The first-order chi connectivity index (χ1) is 16.4. The predicted octanol–water partition coefficient (Wildman–Crippen LogP) is 5.31. The summed E-state index contributed by atoms with van der Waals surface area (Å²) in [4.78, 5) is 29.9. The highest BCUT2D eigenvalue weighted by Gasteiger charge is 2.24. The van der Waals surface area contributed by atoms with Crippen molar-refractivity contribution in [3.63, 3.8) is 0 Å². The molecule has 2 heterocycles. The summed E-state index contributed by atoms with van der Waals surface area (Å²) in [6.45, 7) is 8.51. The van der Waals surface area contributed by atoms with E-state index in [1.165, 1.54) is 12.0 Å². The van der Waals surface area contributed by atoms with Crippen LogP contribution in [0.25, 0.3) is 11.3 Å². The Labute approximate surface area is 201 Å². The number of carbonyl (C=O) groups excluding carboxylic acids is 2. The highest BCUT2D eigenvalue weighted by atomic mass is 16.5. The van der Waals surface area contributed by atoms with Crippen LogP contribution < -0.4 is 0 Å². The molecule has 6 nitrogen and oxygen atoms in total. The summed E-state index contributed by atoms with van der Waals surface area (Å²) in [5, 5.41) is 4.12. The minimum atomic E-state index is -0.229. The average Bonchev–Trinajstić information content (AvgIpc) is 3.31. The maximum absolute atomic E-state index is 13.5. The Kier molecular flexibility index (Phi) is 7.46. The van der Waals surface area contributed by atoms with E-state index >= 15 is 0 Å². The Morgan fingerprint density at radius 3 is 2.32 bits per heavy atom. The van der Waals surface area contributed by atoms with E-state index in [1.807, 2.05) is 49.1 Å². The van der Waals surface area contributed by atoms with E-state index in [4.69, 9.17) is 4.52 Å². The molecule has 178 valence electrons. The van der Waals surface area contributed by atoms with E-state index in [-0.39, 0.29) is 17.5 Å². The maximum Gasteiger partial charge on any atom is 0.276 e. The minimum absolute atomic E-state index is 0.109. The number of nitrogens with zero attached hydrogens (tertiary/aromatic N) is 3. The van der Waals surface area contributed by atoms with Crippen LogP contribution in [0.1, 0.15) is 58.4 Å². The first-order valence-electron chi connectivity index (χ1n) is 12.1. The number of carbonyl (C=O) groups is 2. The third-order valence-corrected chi connectivity index (χ3v) is 6.46. The van der Waals surface area contributed by atoms with Gasteiger partial charge in [-0.25, -0.2) is 0 Å². The van der Waals surface area contributed by atoms with Crippen molar-refractivity contribution < 1.29 is 14.1 Å². The SMILES string of the molecule is Cc1cc(C)c(-c2cc(C(=O)N(CCC(=O)N3CCCCC3)Cc3ccccc3)no2)c(C)c1. The van der Waals surface area contributed by atoms with Gasteiger partial charge in [-0.15, -0.1) is 0 Å². The average molecular weight is 460 g/mol. The standard InChI is InChI=1S/C28H33N3O3/c1-20-16-21(2)27(22(3)17-20)25-18-24(29-34-25)28(33)31(19-23-10-6-4-7-11-23)15-12-26(32)30-13-8-5-9-14-30/h4,6-7,10-11,16-18H,5,8-9,12-15,19H2,1-3H3. The Bertz CT molecular complexity index is 1120. The quantitative estimate of drug-likeness (QED) is 0.480. The van der Waals surface area contributed by atoms with Gasteiger partial charge in [0.2, 0.25) is 5.91 Å². The van der Waals surface area contributed by atoms with Gasteiger partial charge in [0.25, 0.3) is 5.91 Å². The molecule has 1 aliphatic rings. The number of aromatic nitrogens is 1. The first kappa shape index (κ1) is 23.7. The van der Waals surface area contributed by atoms with Crippen LogP contribution in [0.2, 0.25) is 0 Å². The monoisotopic (exact) mass is 459 g/mol. The van der Waals surface area contributed by atoms with Crippen LogP contribution in [0.4, 0.5) is 0 Å². The van der Waals surface area contributed by atoms with E-state index in [0.717, 1.165) is 48.2 Å². The van der Waals surface area contributed by atoms with E-state index in [0.29, 0.717) is 25.3 Å². The number of aryl methyl sites for hydroxylation is 3. The third-order valence-electron chi connectivity index (χ3n) is 6.46. The van der Waals surface area contributed by atoms with E-state index in [9.17, 15) is 9.59 Å². The Hall–Kier alpha value is -3.41. The molecule has 1 saturated heterocycles. The second-order valence-corrected chi connectivity index (χ2v) is 9.25. The summed E-state index contributed by atoms with van der Waals surface area (Å²) in [6, 6.07) is 15.7. The molecule has 1 aliphatic heterocycles. The lowest BCUT2D eigenvalue weighted by molar-refractivity contribution is -0.132. The van der Waals surface area contributed by atoms with Crippen LogP contribution in [0.15, 0.2) is 53.1 Å². The van der Waals surface area contributed by atoms with Crippen LogP contribution >= 0.6 is 0 Å². The van der Waals surface area contributed by atoms with Crippen LogP contribution in [0.3, 0.4) is 0 Å². The molecule has 2 amide bonds. The molecule has 0 aliphatic carbocycles. The van der Waals surface area contributed by atoms with Crippen molar-refractivity contribution in [1.82, 2.24) is 15.0 Å². The van der Waals surface area contributed by atoms with Gasteiger partial charge in [0, 0.05) is 44.2 Å². The van der Waals surface area contributed by atoms with Crippen LogP contribution in [-0.4, -0.2) is 46.4 Å². The minimum Gasteiger partial charge on any atom is -0.355 e. The molecular formula is C28H33N3O3. The van der Waals surface area contributed by atoms with Crippen molar-refractivity contribution in [3.8, 4) is 11.3 Å². The van der Waals surface area contributed by atoms with Gasteiger partial charge in [-0.3, -0.25) is 9.59 Å². The van der Waals surface area contributed by atoms with E-state index in [2.05, 4.69) is 24.2 Å². The zero-order valence-corrected chi connectivity index (χ0v) is 20.3. The maximum atomic E-state index is 13.5. The molecule has 4 rings (SSSR count). The zero-order chi connectivity index (χ0) is 24.1. The second kappa shape index (κ2) is 10.7. The van der Waals surface area contributed by atoms with Gasteiger partial charge in [0.15, 0.2) is 11.5 Å². The van der Waals surface area contributed by atoms with Crippen LogP contribution in [-0.2, 0) is 11.3 Å². The van der Waals surface area contributed by atoms with Crippen molar-refractivity contribution in [3.05, 3.63) is 76.5 Å². The predicted molar refractivity (Wildman–Crippen MR) is 132 cm³/mol. The van der Waals surface area contributed by atoms with Gasteiger partial charge < -0.3 is 14.3 Å². The van der Waals surface area contributed by atoms with Crippen molar-refractivity contribution in [2.75, 3.05) is 19.6 Å². The summed E-state index contributed by atoms with van der Waals surface area (Å²) < 4.78 is 5.62. The van der Waals surface area contributed by atoms with Gasteiger partial charge >= 0.3 is 0 Å². The summed E-state index contributed by atoms with van der Waals surface area (Å²) in [5.74, 6) is 0.465. The molecule has 0 spiro atoms. The number of likely N-dealkylation sites (tertiary alicyclic amines) is 1. The lowest BCUT2D eigenvalue weighted by Gasteiger charge is -2.28. The molecule has 2 aromatic carbocycles. The molecule has 0 N–H and O–H groups in total. The molecular weight excluding hydrogens is 426 g/mol. The highest BCUT2D eigenvalue weighted by molar-refractivity contribution is 5.93. The Balaban J connectivity index is 1.54. The number of amides is 2. The summed E-state index contributed by atoms with van der Waals surface area (Å²) in [7, 11) is 0. The normalized spacial score (nSPS) is 13.7. The van der Waals surface area contributed by atoms with Crippen molar-refractivity contribution >= 4 is 11.8 Å². The Morgan fingerprint density at radius 1 is 0.971 bits per heavy atom. The second-order valence-electron chi connectivity index (χ2n) is 9.25. The number of benzene rings is 2. The van der Waals surface area contributed by atoms with Crippen molar-refractivity contribution in [1.29, 1.82) is 0 Å². The van der Waals surface area contributed by atoms with Crippen molar-refractivity contribution in [2.24, 2.45) is 0 Å². The Morgan fingerprint density at radius 2 is 1.65 bits per heavy atom. The third kappa shape index (κ3) is 5.56.